The van der Waals surface area contributed by atoms with Crippen molar-refractivity contribution < 1.29 is 9.90 Å². The van der Waals surface area contributed by atoms with Crippen molar-refractivity contribution in [3.8, 4) is 5.75 Å². The number of aromatic hydroxyl groups is 1. The minimum atomic E-state index is -0.135. The molecule has 3 nitrogen and oxygen atoms in total. The standard InChI is InChI=1S/C11H11NO2/c1-6-5-10(14)12-11-7(2)9(13)4-3-8(6)11/h3-4,13H,5H2,1-2H3. The number of hydrogen-bond donors (Lipinski definition) is 1. The molecule has 0 saturated carbocycles. The van der Waals surface area contributed by atoms with Crippen LogP contribution in [0.5, 0.6) is 5.75 Å². The molecule has 1 amide bonds. The van der Waals surface area contributed by atoms with Crippen molar-refractivity contribution in [1.29, 1.82) is 0 Å². The quantitative estimate of drug-likeness (QED) is 0.643. The average molecular weight is 189 g/mol. The first kappa shape index (κ1) is 8.94. The van der Waals surface area contributed by atoms with Crippen LogP contribution in [-0.4, -0.2) is 11.0 Å². The molecular weight excluding hydrogens is 178 g/mol. The molecule has 0 atom stereocenters. The second kappa shape index (κ2) is 2.94. The molecular formula is C11H11NO2. The summed E-state index contributed by atoms with van der Waals surface area (Å²) in [6.45, 7) is 3.69. The van der Waals surface area contributed by atoms with Gasteiger partial charge in [-0.15, -0.1) is 0 Å². The number of benzene rings is 1. The Hall–Kier alpha value is -1.64. The Kier molecular flexibility index (Phi) is 1.88. The first-order valence-corrected chi connectivity index (χ1v) is 4.49. The highest BCUT2D eigenvalue weighted by molar-refractivity contribution is 5.86. The summed E-state index contributed by atoms with van der Waals surface area (Å²) in [7, 11) is 0. The average Bonchev–Trinajstić information content (AvgIpc) is 2.12. The lowest BCUT2D eigenvalue weighted by molar-refractivity contribution is -0.117. The number of phenolic OH excluding ortho intramolecular Hbond substituents is 1. The third kappa shape index (κ3) is 1.21. The van der Waals surface area contributed by atoms with Gasteiger partial charge in [0.05, 0.1) is 11.8 Å². The molecule has 72 valence electrons. The van der Waals surface area contributed by atoms with Gasteiger partial charge in [-0.3, -0.25) is 4.79 Å². The van der Waals surface area contributed by atoms with Crippen LogP contribution in [0.25, 0.3) is 5.57 Å². The number of rotatable bonds is 0. The zero-order valence-electron chi connectivity index (χ0n) is 8.16. The van der Waals surface area contributed by atoms with Crippen molar-refractivity contribution >= 4 is 11.5 Å². The van der Waals surface area contributed by atoms with Crippen LogP contribution in [-0.2, 0) is 4.79 Å². The van der Waals surface area contributed by atoms with Gasteiger partial charge in [0.15, 0.2) is 0 Å². The highest BCUT2D eigenvalue weighted by Gasteiger charge is 2.11. The van der Waals surface area contributed by atoms with E-state index in [0.29, 0.717) is 17.3 Å². The Balaban J connectivity index is 2.97. The Morgan fingerprint density at radius 2 is 2.07 bits per heavy atom. The van der Waals surface area contributed by atoms with Crippen LogP contribution < -0.4 is 10.6 Å². The van der Waals surface area contributed by atoms with Crippen LogP contribution in [0.15, 0.2) is 17.1 Å². The van der Waals surface area contributed by atoms with E-state index in [2.05, 4.69) is 4.99 Å². The molecule has 3 heteroatoms. The number of hydrogen-bond acceptors (Lipinski definition) is 2. The van der Waals surface area contributed by atoms with Crippen LogP contribution >= 0.6 is 0 Å². The summed E-state index contributed by atoms with van der Waals surface area (Å²) in [5.41, 5.74) is 1.69. The van der Waals surface area contributed by atoms with Gasteiger partial charge in [-0.25, -0.2) is 4.99 Å². The maximum atomic E-state index is 11.2. The van der Waals surface area contributed by atoms with E-state index in [0.717, 1.165) is 10.8 Å². The zero-order valence-corrected chi connectivity index (χ0v) is 8.16. The molecule has 1 aliphatic rings. The minimum Gasteiger partial charge on any atom is -0.508 e. The predicted molar refractivity (Wildman–Crippen MR) is 52.3 cm³/mol. The van der Waals surface area contributed by atoms with Crippen LogP contribution in [0.3, 0.4) is 0 Å². The molecule has 14 heavy (non-hydrogen) atoms. The molecule has 0 spiro atoms. The Labute approximate surface area is 81.4 Å². The summed E-state index contributed by atoms with van der Waals surface area (Å²) in [5.74, 6) is 0.0544. The topological polar surface area (TPSA) is 49.7 Å². The molecule has 1 aliphatic heterocycles. The van der Waals surface area contributed by atoms with Crippen molar-refractivity contribution in [2.45, 2.75) is 20.3 Å². The molecule has 0 radical (unpaired) electrons. The van der Waals surface area contributed by atoms with Crippen LogP contribution in [0.2, 0.25) is 0 Å². The number of carbonyl (C=O) groups excluding carboxylic acids is 1. The SMILES string of the molecule is CC1=c2ccc(O)c(C)c2=NC(=O)C1. The molecule has 1 N–H and O–H groups in total. The largest absolute Gasteiger partial charge is 0.508 e. The summed E-state index contributed by atoms with van der Waals surface area (Å²) in [4.78, 5) is 15.2. The van der Waals surface area contributed by atoms with E-state index in [1.54, 1.807) is 13.0 Å². The van der Waals surface area contributed by atoms with Gasteiger partial charge in [0.2, 0.25) is 5.91 Å². The lowest BCUT2D eigenvalue weighted by Gasteiger charge is -2.07. The van der Waals surface area contributed by atoms with Gasteiger partial charge in [0.25, 0.3) is 0 Å². The van der Waals surface area contributed by atoms with Gasteiger partial charge in [-0.05, 0) is 26.0 Å². The maximum absolute atomic E-state index is 11.2. The Morgan fingerprint density at radius 3 is 2.79 bits per heavy atom. The molecule has 0 fully saturated rings. The zero-order chi connectivity index (χ0) is 10.3. The summed E-state index contributed by atoms with van der Waals surface area (Å²) >= 11 is 0. The second-order valence-electron chi connectivity index (χ2n) is 3.57. The van der Waals surface area contributed by atoms with Crippen LogP contribution in [0.4, 0.5) is 0 Å². The van der Waals surface area contributed by atoms with Gasteiger partial charge < -0.3 is 5.11 Å². The first-order chi connectivity index (χ1) is 6.59. The third-order valence-corrected chi connectivity index (χ3v) is 2.52. The van der Waals surface area contributed by atoms with Gasteiger partial charge in [0, 0.05) is 10.8 Å². The normalized spacial score (nSPS) is 15.0. The van der Waals surface area contributed by atoms with Crippen LogP contribution in [0, 0.1) is 6.92 Å². The fourth-order valence-corrected chi connectivity index (χ4v) is 1.66. The summed E-state index contributed by atoms with van der Waals surface area (Å²) in [6, 6.07) is 3.45. The molecule has 0 aliphatic carbocycles. The second-order valence-corrected chi connectivity index (χ2v) is 3.57. The van der Waals surface area contributed by atoms with Crippen molar-refractivity contribution in [2.24, 2.45) is 4.99 Å². The molecule has 0 aromatic heterocycles. The number of carbonyl (C=O) groups is 1. The lowest BCUT2D eigenvalue weighted by atomic mass is 10.0. The first-order valence-electron chi connectivity index (χ1n) is 4.49. The molecule has 1 heterocycles. The molecule has 1 aromatic rings. The van der Waals surface area contributed by atoms with E-state index in [-0.39, 0.29) is 11.7 Å². The minimum absolute atomic E-state index is 0.135. The number of nitrogens with zero attached hydrogens (tertiary/aromatic N) is 1. The fraction of sp³-hybridized carbons (Fsp3) is 0.273. The van der Waals surface area contributed by atoms with E-state index >= 15 is 0 Å². The van der Waals surface area contributed by atoms with Gasteiger partial charge >= 0.3 is 0 Å². The Morgan fingerprint density at radius 1 is 1.36 bits per heavy atom. The van der Waals surface area contributed by atoms with Crippen molar-refractivity contribution in [1.82, 2.24) is 0 Å². The Bertz CT molecular complexity index is 529. The highest BCUT2D eigenvalue weighted by atomic mass is 16.3. The van der Waals surface area contributed by atoms with Crippen LogP contribution in [0.1, 0.15) is 18.9 Å². The molecule has 0 unspecified atom stereocenters. The molecule has 1 aromatic carbocycles. The summed E-state index contributed by atoms with van der Waals surface area (Å²) in [6.07, 6.45) is 0.386. The third-order valence-electron chi connectivity index (χ3n) is 2.52. The summed E-state index contributed by atoms with van der Waals surface area (Å²) in [5, 5.41) is 11.1. The maximum Gasteiger partial charge on any atom is 0.250 e. The number of phenols is 1. The fourth-order valence-electron chi connectivity index (χ4n) is 1.66. The smallest absolute Gasteiger partial charge is 0.250 e. The molecule has 0 bridgehead atoms. The lowest BCUT2D eigenvalue weighted by Crippen LogP contribution is -2.34. The van der Waals surface area contributed by atoms with E-state index in [9.17, 15) is 9.90 Å². The van der Waals surface area contributed by atoms with Gasteiger partial charge in [-0.1, -0.05) is 5.57 Å². The number of fused-ring (bicyclic) bond motifs is 1. The predicted octanol–water partition coefficient (Wildman–Crippen LogP) is 0.421. The van der Waals surface area contributed by atoms with E-state index in [1.807, 2.05) is 13.0 Å². The van der Waals surface area contributed by atoms with Crippen molar-refractivity contribution in [2.75, 3.05) is 0 Å². The molecule has 0 saturated heterocycles. The van der Waals surface area contributed by atoms with E-state index < -0.39 is 0 Å². The van der Waals surface area contributed by atoms with Gasteiger partial charge in [0.1, 0.15) is 5.75 Å². The number of amides is 1. The van der Waals surface area contributed by atoms with E-state index in [4.69, 9.17) is 0 Å². The van der Waals surface area contributed by atoms with Crippen molar-refractivity contribution in [3.05, 3.63) is 28.3 Å². The molecule has 2 rings (SSSR count). The highest BCUT2D eigenvalue weighted by Crippen LogP contribution is 2.10. The van der Waals surface area contributed by atoms with E-state index in [1.165, 1.54) is 0 Å². The van der Waals surface area contributed by atoms with Gasteiger partial charge in [-0.2, -0.15) is 0 Å². The monoisotopic (exact) mass is 189 g/mol. The van der Waals surface area contributed by atoms with Crippen molar-refractivity contribution in [3.63, 3.8) is 0 Å². The summed E-state index contributed by atoms with van der Waals surface area (Å²) < 4.78 is 0.